The minimum absolute atomic E-state index is 0.00529. The summed E-state index contributed by atoms with van der Waals surface area (Å²) in [5, 5.41) is 0. The number of hydrogen-bond acceptors (Lipinski definition) is 4. The molecule has 1 saturated carbocycles. The summed E-state index contributed by atoms with van der Waals surface area (Å²) < 4.78 is 0. The van der Waals surface area contributed by atoms with E-state index < -0.39 is 0 Å². The van der Waals surface area contributed by atoms with Crippen molar-refractivity contribution in [1.29, 1.82) is 0 Å². The Labute approximate surface area is 538 Å². The molecule has 5 heteroatoms. The zero-order valence-electron chi connectivity index (χ0n) is 56.0. The molecule has 0 saturated heterocycles. The molecular formula is C85H89BN4. The summed E-state index contributed by atoms with van der Waals surface area (Å²) in [6.45, 7) is 35.2. The van der Waals surface area contributed by atoms with Gasteiger partial charge in [-0.3, -0.25) is 0 Å². The molecule has 0 radical (unpaired) electrons. The molecule has 10 aromatic carbocycles. The van der Waals surface area contributed by atoms with Crippen LogP contribution in [0.2, 0.25) is 0 Å². The predicted octanol–water partition coefficient (Wildman–Crippen LogP) is 21.8. The van der Waals surface area contributed by atoms with Crippen LogP contribution in [0.25, 0.3) is 22.3 Å². The van der Waals surface area contributed by atoms with E-state index in [1.54, 1.807) is 0 Å². The highest BCUT2D eigenvalue weighted by molar-refractivity contribution is 7.00. The van der Waals surface area contributed by atoms with Gasteiger partial charge in [0.05, 0.1) is 11.2 Å². The molecule has 4 nitrogen and oxygen atoms in total. The first-order chi connectivity index (χ1) is 42.8. The van der Waals surface area contributed by atoms with Gasteiger partial charge in [0, 0.05) is 67.9 Å². The molecule has 4 aliphatic rings. The number of aryl methyl sites for hydroxylation is 1. The second kappa shape index (κ2) is 21.3. The van der Waals surface area contributed by atoms with Gasteiger partial charge in [-0.25, -0.2) is 0 Å². The van der Waals surface area contributed by atoms with E-state index in [0.717, 1.165) is 18.5 Å². The lowest BCUT2D eigenvalue weighted by atomic mass is 9.33. The van der Waals surface area contributed by atoms with Gasteiger partial charge in [-0.1, -0.05) is 224 Å². The summed E-state index contributed by atoms with van der Waals surface area (Å²) in [4.78, 5) is 10.5. The number of nitrogens with zero attached hydrogens (tertiary/aromatic N) is 4. The highest BCUT2D eigenvalue weighted by Crippen LogP contribution is 2.62. The Morgan fingerprint density at radius 2 is 0.878 bits per heavy atom. The largest absolute Gasteiger partial charge is 0.334 e. The van der Waals surface area contributed by atoms with E-state index in [2.05, 4.69) is 342 Å². The molecule has 0 N–H and O–H groups in total. The van der Waals surface area contributed by atoms with Crippen molar-refractivity contribution in [2.75, 3.05) is 19.6 Å². The van der Waals surface area contributed by atoms with Gasteiger partial charge in [0.1, 0.15) is 0 Å². The van der Waals surface area contributed by atoms with E-state index in [0.29, 0.717) is 0 Å². The third-order valence-corrected chi connectivity index (χ3v) is 21.1. The average Bonchev–Trinajstić information content (AvgIpc) is 1.17. The Balaban J connectivity index is 0.991. The van der Waals surface area contributed by atoms with Crippen molar-refractivity contribution in [3.63, 3.8) is 0 Å². The van der Waals surface area contributed by atoms with Crippen LogP contribution in [-0.4, -0.2) is 12.3 Å². The highest BCUT2D eigenvalue weighted by atomic mass is 15.3. The molecule has 452 valence electrons. The van der Waals surface area contributed by atoms with Gasteiger partial charge < -0.3 is 19.6 Å². The Bertz CT molecular complexity index is 4330. The molecular weight excluding hydrogens is 1090 g/mol. The quantitative estimate of drug-likeness (QED) is 0.141. The molecule has 1 aliphatic carbocycles. The van der Waals surface area contributed by atoms with Gasteiger partial charge in [0.2, 0.25) is 0 Å². The Kier molecular flexibility index (Phi) is 14.0. The third-order valence-electron chi connectivity index (χ3n) is 21.1. The standard InChI is InChI=1S/C85H89BN4/c1-56-50-77-79-78(51-56)89(73-46-35-63(83(11,12)13)53-69(73)58-26-20-17-21-27-58)75-45-28-59(57-24-18-16-19-25-57)52-72(75)86(79)71-44-42-68(55-76(71)88(77)66-40-33-62(34-41-66)82(8,9)10)90-74-47-43-67(54-70(74)84(14)48-22-23-49-85(84,90)15)87(64-36-29-60(30-37-64)80(2,3)4)65-38-31-61(32-39-65)81(5,6)7/h16-21,24-47,50-55H,22-23,48-49H2,1-15H3. The molecule has 0 aromatic heterocycles. The Hall–Kier alpha value is -8.54. The van der Waals surface area contributed by atoms with Crippen molar-refractivity contribution in [3.05, 3.63) is 252 Å². The van der Waals surface area contributed by atoms with E-state index in [4.69, 9.17) is 0 Å². The van der Waals surface area contributed by atoms with E-state index in [9.17, 15) is 0 Å². The van der Waals surface area contributed by atoms with Gasteiger partial charge in [-0.2, -0.15) is 0 Å². The molecule has 2 atom stereocenters. The smallest absolute Gasteiger partial charge is 0.252 e. The summed E-state index contributed by atoms with van der Waals surface area (Å²) in [5.41, 5.74) is 29.8. The molecule has 10 aromatic rings. The molecule has 90 heavy (non-hydrogen) atoms. The fourth-order valence-corrected chi connectivity index (χ4v) is 15.7. The van der Waals surface area contributed by atoms with Crippen molar-refractivity contribution in [1.82, 2.24) is 0 Å². The second-order valence-corrected chi connectivity index (χ2v) is 31.1. The van der Waals surface area contributed by atoms with Crippen molar-refractivity contribution >= 4 is 85.7 Å². The van der Waals surface area contributed by atoms with Crippen LogP contribution in [0, 0.1) is 6.92 Å². The first-order valence-electron chi connectivity index (χ1n) is 33.1. The molecule has 14 rings (SSSR count). The highest BCUT2D eigenvalue weighted by Gasteiger charge is 2.58. The zero-order chi connectivity index (χ0) is 63.0. The predicted molar refractivity (Wildman–Crippen MR) is 388 cm³/mol. The number of rotatable bonds is 8. The maximum Gasteiger partial charge on any atom is 0.252 e. The Morgan fingerprint density at radius 3 is 1.47 bits per heavy atom. The van der Waals surface area contributed by atoms with Crippen molar-refractivity contribution < 1.29 is 0 Å². The van der Waals surface area contributed by atoms with Crippen LogP contribution in [0.4, 0.5) is 62.6 Å². The first-order valence-corrected chi connectivity index (χ1v) is 33.1. The minimum atomic E-state index is -0.203. The van der Waals surface area contributed by atoms with Gasteiger partial charge >= 0.3 is 0 Å². The average molecular weight is 1180 g/mol. The van der Waals surface area contributed by atoms with Gasteiger partial charge in [-0.05, 0) is 212 Å². The minimum Gasteiger partial charge on any atom is -0.334 e. The van der Waals surface area contributed by atoms with Crippen LogP contribution in [0.5, 0.6) is 0 Å². The van der Waals surface area contributed by atoms with Crippen LogP contribution < -0.4 is 36.0 Å². The van der Waals surface area contributed by atoms with E-state index in [-0.39, 0.29) is 39.3 Å². The lowest BCUT2D eigenvalue weighted by molar-refractivity contribution is 0.195. The fraction of sp³-hybridized carbons (Fsp3) is 0.294. The van der Waals surface area contributed by atoms with Gasteiger partial charge in [0.15, 0.2) is 0 Å². The lowest BCUT2D eigenvalue weighted by Crippen LogP contribution is -2.61. The van der Waals surface area contributed by atoms with Crippen LogP contribution >= 0.6 is 0 Å². The van der Waals surface area contributed by atoms with Gasteiger partial charge in [-0.15, -0.1) is 0 Å². The number of benzene rings is 10. The SMILES string of the molecule is Cc1cc2c3c(c1)N(c1ccc(C(C)(C)C)cc1-c1ccccc1)c1ccc(-c4ccccc4)cc1B3c1ccc(N3c4ccc(N(c5ccc(C(C)(C)C)cc5)c5ccc(C(C)(C)C)cc5)cc4C4(C)CCCCC34C)cc1N2c1ccc(C(C)(C)C)cc1. The zero-order valence-corrected chi connectivity index (χ0v) is 56.0. The number of hydrogen-bond donors (Lipinski definition) is 0. The van der Waals surface area contributed by atoms with Crippen LogP contribution in [0.1, 0.15) is 156 Å². The van der Waals surface area contributed by atoms with Crippen LogP contribution in [0.15, 0.2) is 218 Å². The third kappa shape index (κ3) is 9.80. The molecule has 3 heterocycles. The van der Waals surface area contributed by atoms with Crippen molar-refractivity contribution in [3.8, 4) is 22.3 Å². The maximum absolute atomic E-state index is 2.79. The van der Waals surface area contributed by atoms with Gasteiger partial charge in [0.25, 0.3) is 6.71 Å². The summed E-state index contributed by atoms with van der Waals surface area (Å²) in [6.07, 6.45) is 4.60. The van der Waals surface area contributed by atoms with Crippen molar-refractivity contribution in [2.45, 2.75) is 162 Å². The molecule has 0 spiro atoms. The summed E-state index contributed by atoms with van der Waals surface area (Å²) in [7, 11) is 0. The maximum atomic E-state index is 2.79. The fourth-order valence-electron chi connectivity index (χ4n) is 15.7. The molecule has 0 amide bonds. The second-order valence-electron chi connectivity index (χ2n) is 31.1. The summed E-state index contributed by atoms with van der Waals surface area (Å²) in [5.74, 6) is 0. The van der Waals surface area contributed by atoms with E-state index in [1.807, 2.05) is 0 Å². The van der Waals surface area contributed by atoms with E-state index >= 15 is 0 Å². The van der Waals surface area contributed by atoms with E-state index in [1.165, 1.54) is 142 Å². The lowest BCUT2D eigenvalue weighted by Gasteiger charge is -2.50. The molecule has 3 aliphatic heterocycles. The molecule has 1 fully saturated rings. The monoisotopic (exact) mass is 1180 g/mol. The summed E-state index contributed by atoms with van der Waals surface area (Å²) >= 11 is 0. The van der Waals surface area contributed by atoms with Crippen LogP contribution in [0.3, 0.4) is 0 Å². The Morgan fingerprint density at radius 1 is 0.378 bits per heavy atom. The van der Waals surface area contributed by atoms with Crippen molar-refractivity contribution in [2.24, 2.45) is 0 Å². The molecule has 0 bridgehead atoms. The number of anilines is 11. The first kappa shape index (κ1) is 59.1. The normalized spacial score (nSPS) is 17.8. The molecule has 2 unspecified atom stereocenters. The topological polar surface area (TPSA) is 13.0 Å². The van der Waals surface area contributed by atoms with Crippen LogP contribution in [-0.2, 0) is 27.1 Å². The summed E-state index contributed by atoms with van der Waals surface area (Å²) in [6, 6.07) is 84.7. The number of fused-ring (bicyclic) bond motifs is 7.